The average Bonchev–Trinajstić information content (AvgIpc) is 2.49. The molecular formula is C16H24N2O2. The Morgan fingerprint density at radius 2 is 2.10 bits per heavy atom. The molecule has 0 saturated carbocycles. The third-order valence-corrected chi connectivity index (χ3v) is 3.09. The average molecular weight is 276 g/mol. The van der Waals surface area contributed by atoms with Crippen molar-refractivity contribution in [2.75, 3.05) is 7.11 Å². The fourth-order valence-corrected chi connectivity index (χ4v) is 1.83. The number of nitrogens with zero attached hydrogens (tertiary/aromatic N) is 1. The van der Waals surface area contributed by atoms with E-state index in [1.54, 1.807) is 7.11 Å². The number of unbranched alkanes of at least 4 members (excludes halogenated alkanes) is 3. The van der Waals surface area contributed by atoms with Crippen LogP contribution in [0.5, 0.6) is 5.75 Å². The predicted molar refractivity (Wildman–Crippen MR) is 82.1 cm³/mol. The van der Waals surface area contributed by atoms with Crippen molar-refractivity contribution < 1.29 is 9.53 Å². The van der Waals surface area contributed by atoms with Gasteiger partial charge in [0, 0.05) is 12.0 Å². The molecule has 0 aliphatic rings. The number of hydrogen-bond acceptors (Lipinski definition) is 3. The molecule has 0 bridgehead atoms. The Morgan fingerprint density at radius 1 is 1.30 bits per heavy atom. The second-order valence-electron chi connectivity index (χ2n) is 4.77. The van der Waals surface area contributed by atoms with Gasteiger partial charge in [0.25, 0.3) is 0 Å². The largest absolute Gasteiger partial charge is 0.497 e. The molecule has 0 unspecified atom stereocenters. The van der Waals surface area contributed by atoms with Crippen LogP contribution in [0.4, 0.5) is 0 Å². The Balaban J connectivity index is 2.46. The molecule has 1 aromatic carbocycles. The molecule has 4 heteroatoms. The summed E-state index contributed by atoms with van der Waals surface area (Å²) < 4.78 is 5.16. The second-order valence-corrected chi connectivity index (χ2v) is 4.77. The highest BCUT2D eigenvalue weighted by Crippen LogP contribution is 2.13. The van der Waals surface area contributed by atoms with Crippen molar-refractivity contribution in [2.24, 2.45) is 5.10 Å². The minimum Gasteiger partial charge on any atom is -0.497 e. The number of amides is 1. The van der Waals surface area contributed by atoms with Crippen molar-refractivity contribution in [3.8, 4) is 5.75 Å². The van der Waals surface area contributed by atoms with Gasteiger partial charge in [-0.1, -0.05) is 38.3 Å². The first kappa shape index (κ1) is 16.2. The lowest BCUT2D eigenvalue weighted by atomic mass is 10.1. The van der Waals surface area contributed by atoms with Crippen molar-refractivity contribution in [3.05, 3.63) is 29.8 Å². The first-order valence-electron chi connectivity index (χ1n) is 7.15. The highest BCUT2D eigenvalue weighted by Gasteiger charge is 2.02. The minimum absolute atomic E-state index is 0.0247. The molecule has 1 N–H and O–H groups in total. The molecule has 1 amide bonds. The van der Waals surface area contributed by atoms with Gasteiger partial charge in [-0.25, -0.2) is 5.43 Å². The zero-order valence-corrected chi connectivity index (χ0v) is 12.6. The van der Waals surface area contributed by atoms with Gasteiger partial charge in [-0.05, 0) is 25.5 Å². The third-order valence-electron chi connectivity index (χ3n) is 3.09. The molecule has 0 aliphatic heterocycles. The summed E-state index contributed by atoms with van der Waals surface area (Å²) >= 11 is 0. The summed E-state index contributed by atoms with van der Waals surface area (Å²) in [7, 11) is 1.63. The van der Waals surface area contributed by atoms with E-state index in [2.05, 4.69) is 17.5 Å². The molecule has 110 valence electrons. The zero-order chi connectivity index (χ0) is 14.8. The molecule has 1 rings (SSSR count). The van der Waals surface area contributed by atoms with Gasteiger partial charge >= 0.3 is 0 Å². The number of carbonyl (C=O) groups is 1. The van der Waals surface area contributed by atoms with E-state index < -0.39 is 0 Å². The van der Waals surface area contributed by atoms with Gasteiger partial charge in [-0.3, -0.25) is 4.79 Å². The summed E-state index contributed by atoms with van der Waals surface area (Å²) in [5.41, 5.74) is 4.31. The smallest absolute Gasteiger partial charge is 0.240 e. The number of benzene rings is 1. The number of methoxy groups -OCH3 is 1. The van der Waals surface area contributed by atoms with Crippen LogP contribution < -0.4 is 10.2 Å². The van der Waals surface area contributed by atoms with Gasteiger partial charge in [-0.15, -0.1) is 0 Å². The fourth-order valence-electron chi connectivity index (χ4n) is 1.83. The van der Waals surface area contributed by atoms with Gasteiger partial charge in [-0.2, -0.15) is 5.10 Å². The van der Waals surface area contributed by atoms with Crippen LogP contribution in [0.25, 0.3) is 0 Å². The van der Waals surface area contributed by atoms with Crippen molar-refractivity contribution in [1.82, 2.24) is 5.43 Å². The van der Waals surface area contributed by atoms with Gasteiger partial charge in [0.2, 0.25) is 5.91 Å². The number of ether oxygens (including phenoxy) is 1. The maximum absolute atomic E-state index is 11.6. The maximum Gasteiger partial charge on any atom is 0.240 e. The van der Waals surface area contributed by atoms with Crippen LogP contribution in [0.3, 0.4) is 0 Å². The van der Waals surface area contributed by atoms with Gasteiger partial charge in [0.15, 0.2) is 0 Å². The Hall–Kier alpha value is -1.84. The SMILES string of the molecule is CCCCCCC(=O)N/N=C(\C)c1cccc(OC)c1. The van der Waals surface area contributed by atoms with Crippen LogP contribution in [-0.2, 0) is 4.79 Å². The highest BCUT2D eigenvalue weighted by atomic mass is 16.5. The summed E-state index contributed by atoms with van der Waals surface area (Å²) in [5, 5.41) is 4.13. The summed E-state index contributed by atoms with van der Waals surface area (Å²) in [4.78, 5) is 11.6. The monoisotopic (exact) mass is 276 g/mol. The lowest BCUT2D eigenvalue weighted by Gasteiger charge is -2.05. The van der Waals surface area contributed by atoms with E-state index in [9.17, 15) is 4.79 Å². The summed E-state index contributed by atoms with van der Waals surface area (Å²) in [6, 6.07) is 7.61. The van der Waals surface area contributed by atoms with E-state index in [0.717, 1.165) is 29.9 Å². The normalized spacial score (nSPS) is 11.2. The molecule has 4 nitrogen and oxygen atoms in total. The third kappa shape index (κ3) is 5.87. The van der Waals surface area contributed by atoms with E-state index in [4.69, 9.17) is 4.74 Å². The minimum atomic E-state index is -0.0247. The predicted octanol–water partition coefficient (Wildman–Crippen LogP) is 3.51. The molecule has 0 radical (unpaired) electrons. The van der Waals surface area contributed by atoms with Crippen LogP contribution in [0.2, 0.25) is 0 Å². The lowest BCUT2D eigenvalue weighted by molar-refractivity contribution is -0.121. The molecule has 0 atom stereocenters. The Labute approximate surface area is 121 Å². The maximum atomic E-state index is 11.6. The van der Waals surface area contributed by atoms with Crippen molar-refractivity contribution in [1.29, 1.82) is 0 Å². The number of hydrogen-bond donors (Lipinski definition) is 1. The quantitative estimate of drug-likeness (QED) is 0.449. The summed E-state index contributed by atoms with van der Waals surface area (Å²) in [6.45, 7) is 4.02. The molecule has 20 heavy (non-hydrogen) atoms. The van der Waals surface area contributed by atoms with Crippen LogP contribution in [0.15, 0.2) is 29.4 Å². The van der Waals surface area contributed by atoms with Crippen LogP contribution in [0.1, 0.15) is 51.5 Å². The molecule has 0 aromatic heterocycles. The van der Waals surface area contributed by atoms with Crippen LogP contribution in [-0.4, -0.2) is 18.7 Å². The molecule has 0 heterocycles. The highest BCUT2D eigenvalue weighted by molar-refractivity contribution is 5.99. The summed E-state index contributed by atoms with van der Waals surface area (Å²) in [6.07, 6.45) is 4.92. The van der Waals surface area contributed by atoms with E-state index in [0.29, 0.717) is 6.42 Å². The number of hydrazone groups is 1. The molecular weight excluding hydrogens is 252 g/mol. The first-order chi connectivity index (χ1) is 9.67. The molecule has 1 aromatic rings. The van der Waals surface area contributed by atoms with Crippen molar-refractivity contribution >= 4 is 11.6 Å². The Bertz CT molecular complexity index is 456. The number of rotatable bonds is 8. The topological polar surface area (TPSA) is 50.7 Å². The second kappa shape index (κ2) is 9.13. The molecule has 0 aliphatic carbocycles. The standard InChI is InChI=1S/C16H24N2O2/c1-4-5-6-7-11-16(19)18-17-13(2)14-9-8-10-15(12-14)20-3/h8-10,12H,4-7,11H2,1-3H3,(H,18,19)/b17-13+. The molecule has 0 saturated heterocycles. The molecule has 0 spiro atoms. The van der Waals surface area contributed by atoms with Crippen molar-refractivity contribution in [2.45, 2.75) is 46.0 Å². The van der Waals surface area contributed by atoms with E-state index in [-0.39, 0.29) is 5.91 Å². The Kier molecular flexibility index (Phi) is 7.40. The Morgan fingerprint density at radius 3 is 2.80 bits per heavy atom. The van der Waals surface area contributed by atoms with Crippen molar-refractivity contribution in [3.63, 3.8) is 0 Å². The zero-order valence-electron chi connectivity index (χ0n) is 12.6. The van der Waals surface area contributed by atoms with Crippen LogP contribution in [0, 0.1) is 0 Å². The lowest BCUT2D eigenvalue weighted by Crippen LogP contribution is -2.18. The van der Waals surface area contributed by atoms with E-state index in [1.807, 2.05) is 31.2 Å². The summed E-state index contributed by atoms with van der Waals surface area (Å²) in [5.74, 6) is 0.756. The van der Waals surface area contributed by atoms with E-state index >= 15 is 0 Å². The number of nitrogens with one attached hydrogen (secondary N) is 1. The van der Waals surface area contributed by atoms with Gasteiger partial charge < -0.3 is 4.74 Å². The fraction of sp³-hybridized carbons (Fsp3) is 0.500. The first-order valence-corrected chi connectivity index (χ1v) is 7.15. The number of carbonyl (C=O) groups excluding carboxylic acids is 1. The van der Waals surface area contributed by atoms with Gasteiger partial charge in [0.1, 0.15) is 5.75 Å². The van der Waals surface area contributed by atoms with E-state index in [1.165, 1.54) is 12.8 Å². The van der Waals surface area contributed by atoms with Gasteiger partial charge in [0.05, 0.1) is 12.8 Å². The molecule has 0 fully saturated rings. The van der Waals surface area contributed by atoms with Crippen LogP contribution >= 0.6 is 0 Å².